The van der Waals surface area contributed by atoms with Crippen molar-refractivity contribution in [3.05, 3.63) is 70.3 Å². The fourth-order valence-electron chi connectivity index (χ4n) is 3.45. The van der Waals surface area contributed by atoms with Gasteiger partial charge in [-0.15, -0.1) is 11.3 Å². The highest BCUT2D eigenvalue weighted by Gasteiger charge is 2.27. The van der Waals surface area contributed by atoms with Crippen LogP contribution in [0.5, 0.6) is 0 Å². The second-order valence-electron chi connectivity index (χ2n) is 6.80. The van der Waals surface area contributed by atoms with Crippen LogP contribution in [0.15, 0.2) is 64.8 Å². The molecule has 0 saturated carbocycles. The molecule has 1 aromatic carbocycles. The highest BCUT2D eigenvalue weighted by Crippen LogP contribution is 2.22. The molecule has 2 aromatic heterocycles. The van der Waals surface area contributed by atoms with E-state index in [0.29, 0.717) is 18.8 Å². The van der Waals surface area contributed by atoms with Crippen molar-refractivity contribution in [2.75, 3.05) is 31.1 Å². The van der Waals surface area contributed by atoms with Gasteiger partial charge in [-0.25, -0.2) is 4.68 Å². The van der Waals surface area contributed by atoms with E-state index in [1.54, 1.807) is 24.3 Å². The lowest BCUT2D eigenvalue weighted by Gasteiger charge is -2.37. The van der Waals surface area contributed by atoms with Crippen LogP contribution in [-0.2, 0) is 4.79 Å². The predicted molar refractivity (Wildman–Crippen MR) is 112 cm³/mol. The number of anilines is 1. The minimum absolute atomic E-state index is 0.0642. The van der Waals surface area contributed by atoms with E-state index in [4.69, 9.17) is 0 Å². The van der Waals surface area contributed by atoms with E-state index in [2.05, 4.69) is 22.1 Å². The van der Waals surface area contributed by atoms with Crippen LogP contribution in [-0.4, -0.2) is 46.8 Å². The SMILES string of the molecule is CC(C(=O)N1CCN(c2ccccc2)CC1)n1nc(-c2cccs2)ccc1=O. The number of para-hydroxylation sites is 1. The fraction of sp³-hybridized carbons (Fsp3) is 0.286. The molecule has 0 aliphatic carbocycles. The van der Waals surface area contributed by atoms with E-state index in [0.717, 1.165) is 18.0 Å². The van der Waals surface area contributed by atoms with Gasteiger partial charge in [-0.05, 0) is 36.6 Å². The van der Waals surface area contributed by atoms with Gasteiger partial charge in [0.1, 0.15) is 11.7 Å². The number of benzene rings is 1. The van der Waals surface area contributed by atoms with E-state index in [1.807, 2.05) is 40.6 Å². The van der Waals surface area contributed by atoms with Crippen LogP contribution in [0.1, 0.15) is 13.0 Å². The number of rotatable bonds is 4. The lowest BCUT2D eigenvalue weighted by molar-refractivity contribution is -0.135. The third-order valence-corrected chi connectivity index (χ3v) is 5.93. The Morgan fingerprint density at radius 2 is 1.75 bits per heavy atom. The Bertz CT molecular complexity index is 993. The molecule has 1 aliphatic heterocycles. The summed E-state index contributed by atoms with van der Waals surface area (Å²) in [6.45, 7) is 4.58. The van der Waals surface area contributed by atoms with Gasteiger partial charge in [0.2, 0.25) is 5.91 Å². The zero-order chi connectivity index (χ0) is 19.5. The molecule has 144 valence electrons. The molecule has 1 atom stereocenters. The summed E-state index contributed by atoms with van der Waals surface area (Å²) >= 11 is 1.56. The molecular weight excluding hydrogens is 372 g/mol. The summed E-state index contributed by atoms with van der Waals surface area (Å²) in [7, 11) is 0. The lowest BCUT2D eigenvalue weighted by atomic mass is 10.2. The first-order valence-corrected chi connectivity index (χ1v) is 10.2. The molecule has 0 N–H and O–H groups in total. The number of hydrogen-bond donors (Lipinski definition) is 0. The van der Waals surface area contributed by atoms with Gasteiger partial charge in [0.15, 0.2) is 0 Å². The summed E-state index contributed by atoms with van der Waals surface area (Å²) in [5.41, 5.74) is 1.62. The average Bonchev–Trinajstić information content (AvgIpc) is 3.29. The topological polar surface area (TPSA) is 58.4 Å². The molecule has 3 aromatic rings. The standard InChI is InChI=1S/C21H22N4O2S/c1-16(25-20(26)10-9-18(22-25)19-8-5-15-28-19)21(27)24-13-11-23(12-14-24)17-6-3-2-4-7-17/h2-10,15-16H,11-14H2,1H3. The van der Waals surface area contributed by atoms with Crippen molar-refractivity contribution in [1.29, 1.82) is 0 Å². The van der Waals surface area contributed by atoms with Crippen molar-refractivity contribution in [2.24, 2.45) is 0 Å². The van der Waals surface area contributed by atoms with E-state index in [1.165, 1.54) is 16.4 Å². The largest absolute Gasteiger partial charge is 0.368 e. The van der Waals surface area contributed by atoms with Crippen LogP contribution in [0.4, 0.5) is 5.69 Å². The number of amides is 1. The Hall–Kier alpha value is -2.93. The summed E-state index contributed by atoms with van der Waals surface area (Å²) in [4.78, 5) is 30.4. The Balaban J connectivity index is 1.47. The first-order chi connectivity index (χ1) is 13.6. The van der Waals surface area contributed by atoms with Crippen molar-refractivity contribution in [1.82, 2.24) is 14.7 Å². The maximum atomic E-state index is 13.0. The zero-order valence-electron chi connectivity index (χ0n) is 15.7. The molecule has 0 spiro atoms. The molecule has 1 amide bonds. The van der Waals surface area contributed by atoms with E-state index < -0.39 is 6.04 Å². The van der Waals surface area contributed by atoms with Gasteiger partial charge in [0.25, 0.3) is 5.56 Å². The summed E-state index contributed by atoms with van der Waals surface area (Å²) < 4.78 is 1.31. The first-order valence-electron chi connectivity index (χ1n) is 9.36. The minimum Gasteiger partial charge on any atom is -0.368 e. The molecule has 1 saturated heterocycles. The molecule has 4 rings (SSSR count). The Morgan fingerprint density at radius 1 is 1.00 bits per heavy atom. The van der Waals surface area contributed by atoms with Crippen molar-refractivity contribution < 1.29 is 4.79 Å². The second-order valence-corrected chi connectivity index (χ2v) is 7.75. The Kier molecular flexibility index (Phi) is 5.25. The van der Waals surface area contributed by atoms with Crippen molar-refractivity contribution in [3.63, 3.8) is 0 Å². The van der Waals surface area contributed by atoms with Crippen LogP contribution in [0, 0.1) is 0 Å². The lowest BCUT2D eigenvalue weighted by Crippen LogP contribution is -2.51. The maximum absolute atomic E-state index is 13.0. The van der Waals surface area contributed by atoms with Gasteiger partial charge in [-0.3, -0.25) is 9.59 Å². The first kappa shape index (κ1) is 18.4. The average molecular weight is 395 g/mol. The number of thiophene rings is 1. The normalized spacial score (nSPS) is 15.5. The number of carbonyl (C=O) groups is 1. The molecule has 6 nitrogen and oxygen atoms in total. The third-order valence-electron chi connectivity index (χ3n) is 5.04. The Morgan fingerprint density at radius 3 is 2.43 bits per heavy atom. The summed E-state index contributed by atoms with van der Waals surface area (Å²) in [6, 6.07) is 16.7. The number of piperazine rings is 1. The number of aromatic nitrogens is 2. The summed E-state index contributed by atoms with van der Waals surface area (Å²) in [5.74, 6) is -0.0642. The molecule has 0 bridgehead atoms. The van der Waals surface area contributed by atoms with Gasteiger partial charge >= 0.3 is 0 Å². The molecular formula is C21H22N4O2S. The highest BCUT2D eigenvalue weighted by atomic mass is 32.1. The Labute approximate surface area is 167 Å². The summed E-state index contributed by atoms with van der Waals surface area (Å²) in [5, 5.41) is 6.42. The molecule has 0 radical (unpaired) electrons. The molecule has 28 heavy (non-hydrogen) atoms. The van der Waals surface area contributed by atoms with Crippen molar-refractivity contribution >= 4 is 22.9 Å². The quantitative estimate of drug-likeness (QED) is 0.683. The van der Waals surface area contributed by atoms with Gasteiger partial charge < -0.3 is 9.80 Å². The third kappa shape index (κ3) is 3.71. The molecule has 1 aliphatic rings. The van der Waals surface area contributed by atoms with Crippen LogP contribution in [0.25, 0.3) is 10.6 Å². The van der Waals surface area contributed by atoms with Gasteiger partial charge in [-0.1, -0.05) is 24.3 Å². The predicted octanol–water partition coefficient (Wildman–Crippen LogP) is 2.88. The van der Waals surface area contributed by atoms with Crippen LogP contribution >= 0.6 is 11.3 Å². The summed E-state index contributed by atoms with van der Waals surface area (Å²) in [6.07, 6.45) is 0. The second kappa shape index (κ2) is 7.98. The smallest absolute Gasteiger partial charge is 0.267 e. The molecule has 1 fully saturated rings. The highest BCUT2D eigenvalue weighted by molar-refractivity contribution is 7.13. The molecule has 7 heteroatoms. The van der Waals surface area contributed by atoms with E-state index >= 15 is 0 Å². The monoisotopic (exact) mass is 394 g/mol. The van der Waals surface area contributed by atoms with Gasteiger partial charge in [-0.2, -0.15) is 5.10 Å². The van der Waals surface area contributed by atoms with Crippen molar-refractivity contribution in [2.45, 2.75) is 13.0 Å². The molecule has 1 unspecified atom stereocenters. The fourth-order valence-corrected chi connectivity index (χ4v) is 4.14. The molecule has 3 heterocycles. The van der Waals surface area contributed by atoms with Gasteiger partial charge in [0.05, 0.1) is 4.88 Å². The van der Waals surface area contributed by atoms with E-state index in [9.17, 15) is 9.59 Å². The van der Waals surface area contributed by atoms with Crippen molar-refractivity contribution in [3.8, 4) is 10.6 Å². The minimum atomic E-state index is -0.629. The van der Waals surface area contributed by atoms with Crippen LogP contribution < -0.4 is 10.5 Å². The van der Waals surface area contributed by atoms with Crippen LogP contribution in [0.3, 0.4) is 0 Å². The number of carbonyl (C=O) groups excluding carboxylic acids is 1. The zero-order valence-corrected chi connectivity index (χ0v) is 16.5. The van der Waals surface area contributed by atoms with E-state index in [-0.39, 0.29) is 11.5 Å². The van der Waals surface area contributed by atoms with Crippen LogP contribution in [0.2, 0.25) is 0 Å². The number of nitrogens with zero attached hydrogens (tertiary/aromatic N) is 4. The number of hydrogen-bond acceptors (Lipinski definition) is 5. The van der Waals surface area contributed by atoms with Gasteiger partial charge in [0, 0.05) is 37.9 Å². The maximum Gasteiger partial charge on any atom is 0.267 e.